The fourth-order valence-corrected chi connectivity index (χ4v) is 2.65. The maximum atomic E-state index is 9.07. The van der Waals surface area contributed by atoms with Crippen molar-refractivity contribution in [2.75, 3.05) is 26.7 Å². The molecule has 12 heavy (non-hydrogen) atoms. The summed E-state index contributed by atoms with van der Waals surface area (Å²) in [6.45, 7) is 2.90. The molecule has 0 aromatic rings. The summed E-state index contributed by atoms with van der Waals surface area (Å²) in [5, 5.41) is 9.07. The van der Waals surface area contributed by atoms with Crippen molar-refractivity contribution >= 4 is 0 Å². The Morgan fingerprint density at radius 2 is 2.25 bits per heavy atom. The zero-order valence-electron chi connectivity index (χ0n) is 7.92. The number of likely N-dealkylation sites (tertiary alicyclic amines) is 1. The zero-order chi connectivity index (χ0) is 8.60. The van der Waals surface area contributed by atoms with Gasteiger partial charge in [0.2, 0.25) is 0 Å². The molecule has 2 aliphatic rings. The predicted octanol–water partition coefficient (Wildman–Crippen LogP) is 1.10. The van der Waals surface area contributed by atoms with Crippen LogP contribution >= 0.6 is 0 Å². The molecule has 2 nitrogen and oxygen atoms in total. The molecule has 2 rings (SSSR count). The third-order valence-electron chi connectivity index (χ3n) is 3.79. The van der Waals surface area contributed by atoms with E-state index in [2.05, 4.69) is 11.9 Å². The number of aliphatic hydroxyl groups is 1. The fraction of sp³-hybridized carbons (Fsp3) is 1.00. The monoisotopic (exact) mass is 169 g/mol. The summed E-state index contributed by atoms with van der Waals surface area (Å²) in [6.07, 6.45) is 5.28. The number of hydrogen-bond acceptors (Lipinski definition) is 2. The molecule has 0 aromatic carbocycles. The Morgan fingerprint density at radius 1 is 1.42 bits per heavy atom. The Morgan fingerprint density at radius 3 is 2.92 bits per heavy atom. The second-order valence-electron chi connectivity index (χ2n) is 4.60. The van der Waals surface area contributed by atoms with Crippen LogP contribution in [-0.4, -0.2) is 36.8 Å². The third kappa shape index (κ3) is 1.38. The van der Waals surface area contributed by atoms with Gasteiger partial charge < -0.3 is 10.0 Å². The second-order valence-corrected chi connectivity index (χ2v) is 4.60. The zero-order valence-corrected chi connectivity index (χ0v) is 7.92. The van der Waals surface area contributed by atoms with Gasteiger partial charge in [-0.3, -0.25) is 0 Å². The summed E-state index contributed by atoms with van der Waals surface area (Å²) in [4.78, 5) is 2.42. The molecule has 70 valence electrons. The SMILES string of the molecule is CN1CCCC2(CC1)CC2CO. The van der Waals surface area contributed by atoms with Crippen molar-refractivity contribution in [2.24, 2.45) is 11.3 Å². The lowest BCUT2D eigenvalue weighted by atomic mass is 9.94. The van der Waals surface area contributed by atoms with Crippen LogP contribution < -0.4 is 0 Å². The van der Waals surface area contributed by atoms with Crippen LogP contribution in [0.4, 0.5) is 0 Å². The summed E-state index contributed by atoms with van der Waals surface area (Å²) in [5.74, 6) is 0.643. The van der Waals surface area contributed by atoms with E-state index < -0.39 is 0 Å². The third-order valence-corrected chi connectivity index (χ3v) is 3.79. The average Bonchev–Trinajstić information content (AvgIpc) is 2.79. The lowest BCUT2D eigenvalue weighted by molar-refractivity contribution is 0.238. The number of rotatable bonds is 1. The lowest BCUT2D eigenvalue weighted by Crippen LogP contribution is -2.19. The Labute approximate surface area is 74.6 Å². The maximum absolute atomic E-state index is 9.07. The molecular formula is C10H19NO. The second kappa shape index (κ2) is 3.00. The van der Waals surface area contributed by atoms with Gasteiger partial charge in [0.25, 0.3) is 0 Å². The summed E-state index contributed by atoms with van der Waals surface area (Å²) in [5.41, 5.74) is 0.569. The van der Waals surface area contributed by atoms with Crippen LogP contribution in [0.25, 0.3) is 0 Å². The van der Waals surface area contributed by atoms with E-state index in [0.717, 1.165) is 0 Å². The molecule has 1 aliphatic heterocycles. The highest BCUT2D eigenvalue weighted by Gasteiger charge is 2.52. The first-order chi connectivity index (χ1) is 5.77. The highest BCUT2D eigenvalue weighted by molar-refractivity contribution is 5.02. The van der Waals surface area contributed by atoms with Gasteiger partial charge in [0.05, 0.1) is 0 Å². The molecule has 1 heterocycles. The van der Waals surface area contributed by atoms with Crippen LogP contribution in [0.15, 0.2) is 0 Å². The van der Waals surface area contributed by atoms with Crippen LogP contribution in [0.3, 0.4) is 0 Å². The van der Waals surface area contributed by atoms with Crippen molar-refractivity contribution in [1.82, 2.24) is 4.90 Å². The molecule has 2 atom stereocenters. The Balaban J connectivity index is 1.92. The van der Waals surface area contributed by atoms with Gasteiger partial charge in [-0.15, -0.1) is 0 Å². The van der Waals surface area contributed by atoms with E-state index in [1.165, 1.54) is 38.8 Å². The fourth-order valence-electron chi connectivity index (χ4n) is 2.65. The van der Waals surface area contributed by atoms with E-state index in [1.54, 1.807) is 0 Å². The topological polar surface area (TPSA) is 23.5 Å². The quantitative estimate of drug-likeness (QED) is 0.635. The predicted molar refractivity (Wildman–Crippen MR) is 49.0 cm³/mol. The first kappa shape index (κ1) is 8.52. The standard InChI is InChI=1S/C10H19NO/c1-11-5-2-3-10(4-6-11)7-9(10)8-12/h9,12H,2-8H2,1H3. The number of nitrogens with zero attached hydrogens (tertiary/aromatic N) is 1. The van der Waals surface area contributed by atoms with Crippen LogP contribution in [0, 0.1) is 11.3 Å². The van der Waals surface area contributed by atoms with Gasteiger partial charge in [-0.05, 0) is 57.2 Å². The molecule has 1 aliphatic carbocycles. The summed E-state index contributed by atoms with van der Waals surface area (Å²) < 4.78 is 0. The van der Waals surface area contributed by atoms with Gasteiger partial charge in [-0.25, -0.2) is 0 Å². The molecule has 0 radical (unpaired) electrons. The van der Waals surface area contributed by atoms with Crippen molar-refractivity contribution in [3.63, 3.8) is 0 Å². The van der Waals surface area contributed by atoms with Crippen molar-refractivity contribution in [2.45, 2.75) is 25.7 Å². The van der Waals surface area contributed by atoms with Crippen molar-refractivity contribution in [3.05, 3.63) is 0 Å². The molecule has 2 unspecified atom stereocenters. The summed E-state index contributed by atoms with van der Waals surface area (Å²) in [7, 11) is 2.20. The molecule has 0 amide bonds. The van der Waals surface area contributed by atoms with Gasteiger partial charge in [0.1, 0.15) is 0 Å². The van der Waals surface area contributed by atoms with Crippen molar-refractivity contribution < 1.29 is 5.11 Å². The van der Waals surface area contributed by atoms with Gasteiger partial charge in [0.15, 0.2) is 0 Å². The molecule has 1 saturated carbocycles. The Kier molecular flexibility index (Phi) is 2.13. The molecule has 1 N–H and O–H groups in total. The molecule has 2 heteroatoms. The van der Waals surface area contributed by atoms with Gasteiger partial charge in [-0.2, -0.15) is 0 Å². The largest absolute Gasteiger partial charge is 0.396 e. The van der Waals surface area contributed by atoms with Crippen LogP contribution in [0.2, 0.25) is 0 Å². The smallest absolute Gasteiger partial charge is 0.0464 e. The van der Waals surface area contributed by atoms with E-state index >= 15 is 0 Å². The minimum atomic E-state index is 0.420. The van der Waals surface area contributed by atoms with E-state index in [1.807, 2.05) is 0 Å². The van der Waals surface area contributed by atoms with E-state index in [-0.39, 0.29) is 0 Å². The van der Waals surface area contributed by atoms with Gasteiger partial charge in [-0.1, -0.05) is 0 Å². The van der Waals surface area contributed by atoms with E-state index in [0.29, 0.717) is 17.9 Å². The number of aliphatic hydroxyl groups excluding tert-OH is 1. The maximum Gasteiger partial charge on any atom is 0.0464 e. The van der Waals surface area contributed by atoms with E-state index in [9.17, 15) is 0 Å². The number of hydrogen-bond donors (Lipinski definition) is 1. The van der Waals surface area contributed by atoms with Crippen molar-refractivity contribution in [3.8, 4) is 0 Å². The highest BCUT2D eigenvalue weighted by Crippen LogP contribution is 2.58. The van der Waals surface area contributed by atoms with Gasteiger partial charge in [0, 0.05) is 6.61 Å². The summed E-state index contributed by atoms with van der Waals surface area (Å²) >= 11 is 0. The van der Waals surface area contributed by atoms with Crippen LogP contribution in [-0.2, 0) is 0 Å². The molecular weight excluding hydrogens is 150 g/mol. The van der Waals surface area contributed by atoms with Crippen LogP contribution in [0.5, 0.6) is 0 Å². The highest BCUT2D eigenvalue weighted by atomic mass is 16.3. The summed E-state index contributed by atoms with van der Waals surface area (Å²) in [6, 6.07) is 0. The Hall–Kier alpha value is -0.0800. The van der Waals surface area contributed by atoms with Gasteiger partial charge >= 0.3 is 0 Å². The average molecular weight is 169 g/mol. The minimum Gasteiger partial charge on any atom is -0.396 e. The molecule has 0 aromatic heterocycles. The van der Waals surface area contributed by atoms with Crippen molar-refractivity contribution in [1.29, 1.82) is 0 Å². The lowest BCUT2D eigenvalue weighted by Gasteiger charge is -2.14. The molecule has 1 spiro atoms. The molecule has 0 bridgehead atoms. The Bertz CT molecular complexity index is 171. The minimum absolute atomic E-state index is 0.420. The first-order valence-electron chi connectivity index (χ1n) is 5.06. The molecule has 1 saturated heterocycles. The first-order valence-corrected chi connectivity index (χ1v) is 5.06. The normalized spacial score (nSPS) is 43.0. The van der Waals surface area contributed by atoms with E-state index in [4.69, 9.17) is 5.11 Å². The molecule has 2 fully saturated rings. The van der Waals surface area contributed by atoms with Crippen LogP contribution in [0.1, 0.15) is 25.7 Å².